The second-order valence-corrected chi connectivity index (χ2v) is 3.95. The van der Waals surface area contributed by atoms with Crippen molar-refractivity contribution in [1.82, 2.24) is 15.0 Å². The van der Waals surface area contributed by atoms with E-state index in [2.05, 4.69) is 15.0 Å². The number of hydrogen-bond acceptors (Lipinski definition) is 5. The molecule has 2 aromatic rings. The van der Waals surface area contributed by atoms with Crippen LogP contribution in [-0.4, -0.2) is 32.6 Å². The predicted molar refractivity (Wildman–Crippen MR) is 70.0 cm³/mol. The summed E-state index contributed by atoms with van der Waals surface area (Å²) in [5.41, 5.74) is 1.19. The number of carbonyl (C=O) groups is 1. The zero-order chi connectivity index (χ0) is 13.7. The van der Waals surface area contributed by atoms with Crippen LogP contribution in [0.1, 0.15) is 22.8 Å². The SMILES string of the molecule is CCN(Cc1ccncc1)c1ncc(C(=O)O)cn1. The van der Waals surface area contributed by atoms with E-state index in [4.69, 9.17) is 5.11 Å². The van der Waals surface area contributed by atoms with Crippen molar-refractivity contribution in [3.63, 3.8) is 0 Å². The van der Waals surface area contributed by atoms with Crippen molar-refractivity contribution in [3.05, 3.63) is 48.0 Å². The number of hydrogen-bond donors (Lipinski definition) is 1. The van der Waals surface area contributed by atoms with Gasteiger partial charge in [-0.1, -0.05) is 0 Å². The number of aromatic carboxylic acids is 1. The van der Waals surface area contributed by atoms with E-state index in [1.54, 1.807) is 12.4 Å². The third-order valence-corrected chi connectivity index (χ3v) is 2.67. The number of carboxylic acid groups (broad SMARTS) is 1. The predicted octanol–water partition coefficient (Wildman–Crippen LogP) is 1.60. The molecule has 0 aromatic carbocycles. The smallest absolute Gasteiger partial charge is 0.338 e. The van der Waals surface area contributed by atoms with E-state index in [1.807, 2.05) is 24.0 Å². The molecule has 0 unspecified atom stereocenters. The summed E-state index contributed by atoms with van der Waals surface area (Å²) in [6, 6.07) is 3.85. The van der Waals surface area contributed by atoms with E-state index < -0.39 is 5.97 Å². The molecule has 6 heteroatoms. The number of anilines is 1. The highest BCUT2D eigenvalue weighted by Crippen LogP contribution is 2.11. The van der Waals surface area contributed by atoms with Crippen molar-refractivity contribution >= 4 is 11.9 Å². The largest absolute Gasteiger partial charge is 0.478 e. The van der Waals surface area contributed by atoms with E-state index in [9.17, 15) is 4.79 Å². The summed E-state index contributed by atoms with van der Waals surface area (Å²) in [7, 11) is 0. The number of rotatable bonds is 5. The van der Waals surface area contributed by atoms with Crippen LogP contribution in [0.5, 0.6) is 0 Å². The Bertz CT molecular complexity index is 542. The average molecular weight is 258 g/mol. The number of pyridine rings is 1. The molecule has 98 valence electrons. The molecule has 0 amide bonds. The van der Waals surface area contributed by atoms with E-state index in [0.29, 0.717) is 12.5 Å². The molecule has 0 atom stereocenters. The molecule has 0 bridgehead atoms. The molecule has 0 spiro atoms. The molecule has 0 saturated heterocycles. The normalized spacial score (nSPS) is 10.2. The van der Waals surface area contributed by atoms with Crippen LogP contribution in [-0.2, 0) is 6.54 Å². The fraction of sp³-hybridized carbons (Fsp3) is 0.231. The molecule has 1 N–H and O–H groups in total. The molecule has 6 nitrogen and oxygen atoms in total. The van der Waals surface area contributed by atoms with Gasteiger partial charge in [0, 0.05) is 37.9 Å². The van der Waals surface area contributed by atoms with Gasteiger partial charge in [-0.25, -0.2) is 14.8 Å². The first-order valence-corrected chi connectivity index (χ1v) is 5.90. The molecule has 0 radical (unpaired) electrons. The molecule has 19 heavy (non-hydrogen) atoms. The lowest BCUT2D eigenvalue weighted by Crippen LogP contribution is -2.24. The molecular weight excluding hydrogens is 244 g/mol. The van der Waals surface area contributed by atoms with E-state index in [1.165, 1.54) is 12.4 Å². The highest BCUT2D eigenvalue weighted by molar-refractivity contribution is 5.86. The van der Waals surface area contributed by atoms with Gasteiger partial charge in [0.25, 0.3) is 0 Å². The zero-order valence-corrected chi connectivity index (χ0v) is 10.5. The second-order valence-electron chi connectivity index (χ2n) is 3.95. The first kappa shape index (κ1) is 12.9. The standard InChI is InChI=1S/C13H14N4O2/c1-2-17(9-10-3-5-14-6-4-10)13-15-7-11(8-16-13)12(18)19/h3-8H,2,9H2,1H3,(H,18,19). The van der Waals surface area contributed by atoms with Crippen LogP contribution >= 0.6 is 0 Å². The van der Waals surface area contributed by atoms with Crippen LogP contribution in [0, 0.1) is 0 Å². The van der Waals surface area contributed by atoms with E-state index in [0.717, 1.165) is 12.1 Å². The molecule has 2 heterocycles. The minimum Gasteiger partial charge on any atom is -0.478 e. The molecular formula is C13H14N4O2. The summed E-state index contributed by atoms with van der Waals surface area (Å²) in [4.78, 5) is 24.8. The maximum atomic E-state index is 10.7. The van der Waals surface area contributed by atoms with Crippen LogP contribution < -0.4 is 4.90 Å². The summed E-state index contributed by atoms with van der Waals surface area (Å²) >= 11 is 0. The van der Waals surface area contributed by atoms with Gasteiger partial charge in [-0.05, 0) is 24.6 Å². The minimum absolute atomic E-state index is 0.0868. The van der Waals surface area contributed by atoms with E-state index >= 15 is 0 Å². The Morgan fingerprint density at radius 1 is 1.26 bits per heavy atom. The number of aromatic nitrogens is 3. The van der Waals surface area contributed by atoms with Gasteiger partial charge >= 0.3 is 5.97 Å². The average Bonchev–Trinajstić information content (AvgIpc) is 2.46. The van der Waals surface area contributed by atoms with Gasteiger partial charge in [-0.3, -0.25) is 4.98 Å². The molecule has 2 rings (SSSR count). The quantitative estimate of drug-likeness (QED) is 0.877. The third kappa shape index (κ3) is 3.25. The first-order valence-electron chi connectivity index (χ1n) is 5.90. The Balaban J connectivity index is 2.15. The van der Waals surface area contributed by atoms with Crippen LogP contribution in [0.4, 0.5) is 5.95 Å². The van der Waals surface area contributed by atoms with Crippen molar-refractivity contribution in [1.29, 1.82) is 0 Å². The molecule has 2 aromatic heterocycles. The summed E-state index contributed by atoms with van der Waals surface area (Å²) in [6.45, 7) is 3.38. The van der Waals surface area contributed by atoms with Crippen molar-refractivity contribution < 1.29 is 9.90 Å². The minimum atomic E-state index is -1.02. The molecule has 0 aliphatic heterocycles. The summed E-state index contributed by atoms with van der Waals surface area (Å²) < 4.78 is 0. The van der Waals surface area contributed by atoms with Crippen molar-refractivity contribution in [2.75, 3.05) is 11.4 Å². The second kappa shape index (κ2) is 5.90. The Kier molecular flexibility index (Phi) is 4.02. The van der Waals surface area contributed by atoms with Gasteiger partial charge in [0.15, 0.2) is 0 Å². The van der Waals surface area contributed by atoms with Crippen LogP contribution in [0.2, 0.25) is 0 Å². The lowest BCUT2D eigenvalue weighted by Gasteiger charge is -2.20. The van der Waals surface area contributed by atoms with Crippen molar-refractivity contribution in [2.45, 2.75) is 13.5 Å². The third-order valence-electron chi connectivity index (χ3n) is 2.67. The van der Waals surface area contributed by atoms with Gasteiger partial charge in [-0.15, -0.1) is 0 Å². The summed E-state index contributed by atoms with van der Waals surface area (Å²) in [5, 5.41) is 8.81. The molecule has 0 saturated carbocycles. The maximum absolute atomic E-state index is 10.7. The highest BCUT2D eigenvalue weighted by Gasteiger charge is 2.10. The Hall–Kier alpha value is -2.50. The zero-order valence-electron chi connectivity index (χ0n) is 10.5. The fourth-order valence-corrected chi connectivity index (χ4v) is 1.63. The number of nitrogens with zero attached hydrogens (tertiary/aromatic N) is 4. The summed E-state index contributed by atoms with van der Waals surface area (Å²) in [5.74, 6) is -0.506. The molecule has 0 aliphatic carbocycles. The Morgan fingerprint density at radius 3 is 2.42 bits per heavy atom. The topological polar surface area (TPSA) is 79.2 Å². The summed E-state index contributed by atoms with van der Waals surface area (Å²) in [6.07, 6.45) is 6.11. The van der Waals surface area contributed by atoms with Gasteiger partial charge in [0.2, 0.25) is 5.95 Å². The number of carboxylic acids is 1. The van der Waals surface area contributed by atoms with Crippen LogP contribution in [0.25, 0.3) is 0 Å². The molecule has 0 aliphatic rings. The monoisotopic (exact) mass is 258 g/mol. The van der Waals surface area contributed by atoms with Crippen LogP contribution in [0.15, 0.2) is 36.9 Å². The van der Waals surface area contributed by atoms with Crippen molar-refractivity contribution in [3.8, 4) is 0 Å². The Morgan fingerprint density at radius 2 is 1.89 bits per heavy atom. The van der Waals surface area contributed by atoms with Gasteiger partial charge in [0.05, 0.1) is 5.56 Å². The molecule has 0 fully saturated rings. The Labute approximate surface area is 110 Å². The first-order chi connectivity index (χ1) is 9.20. The van der Waals surface area contributed by atoms with Gasteiger partial charge < -0.3 is 10.0 Å². The highest BCUT2D eigenvalue weighted by atomic mass is 16.4. The lowest BCUT2D eigenvalue weighted by molar-refractivity contribution is 0.0696. The van der Waals surface area contributed by atoms with E-state index in [-0.39, 0.29) is 5.56 Å². The van der Waals surface area contributed by atoms with Gasteiger partial charge in [-0.2, -0.15) is 0 Å². The van der Waals surface area contributed by atoms with Gasteiger partial charge in [0.1, 0.15) is 0 Å². The van der Waals surface area contributed by atoms with Crippen LogP contribution in [0.3, 0.4) is 0 Å². The fourth-order valence-electron chi connectivity index (χ4n) is 1.63. The maximum Gasteiger partial charge on any atom is 0.338 e. The van der Waals surface area contributed by atoms with Crippen molar-refractivity contribution in [2.24, 2.45) is 0 Å². The lowest BCUT2D eigenvalue weighted by atomic mass is 10.2.